The molecule has 0 bridgehead atoms. The van der Waals surface area contributed by atoms with Crippen LogP contribution in [0.5, 0.6) is 5.75 Å². The highest BCUT2D eigenvalue weighted by molar-refractivity contribution is 6.02. The molecule has 144 valence electrons. The van der Waals surface area contributed by atoms with E-state index in [4.69, 9.17) is 9.72 Å². The van der Waals surface area contributed by atoms with Gasteiger partial charge in [-0.2, -0.15) is 0 Å². The Bertz CT molecular complexity index is 996. The Morgan fingerprint density at radius 3 is 2.50 bits per heavy atom. The number of benzene rings is 2. The quantitative estimate of drug-likeness (QED) is 0.608. The largest absolute Gasteiger partial charge is 0.511 e. The molecule has 1 saturated heterocycles. The average molecular weight is 376 g/mol. The van der Waals surface area contributed by atoms with Gasteiger partial charge in [0.2, 0.25) is 0 Å². The number of hydrogen-bond acceptors (Lipinski definition) is 4. The molecule has 5 nitrogen and oxygen atoms in total. The number of aromatic nitrogens is 1. The van der Waals surface area contributed by atoms with Gasteiger partial charge in [-0.15, -0.1) is 0 Å². The molecule has 0 aliphatic carbocycles. The number of pyridine rings is 1. The summed E-state index contributed by atoms with van der Waals surface area (Å²) in [5.41, 5.74) is 3.79. The average Bonchev–Trinajstić information content (AvgIpc) is 2.73. The van der Waals surface area contributed by atoms with Gasteiger partial charge in [0.15, 0.2) is 11.6 Å². The number of piperidine rings is 1. The maximum Gasteiger partial charge on any atom is 0.511 e. The summed E-state index contributed by atoms with van der Waals surface area (Å²) in [4.78, 5) is 18.7. The van der Waals surface area contributed by atoms with Gasteiger partial charge in [-0.3, -0.25) is 0 Å². The Labute approximate surface area is 164 Å². The van der Waals surface area contributed by atoms with Crippen LogP contribution in [0.2, 0.25) is 0 Å². The highest BCUT2D eigenvalue weighted by atomic mass is 16.7. The predicted octanol–water partition coefficient (Wildman–Crippen LogP) is 5.51. The minimum absolute atomic E-state index is 0.335. The molecule has 1 aromatic heterocycles. The molecule has 0 spiro atoms. The van der Waals surface area contributed by atoms with Crippen LogP contribution in [0.3, 0.4) is 0 Å². The first-order chi connectivity index (χ1) is 13.7. The summed E-state index contributed by atoms with van der Waals surface area (Å²) in [7, 11) is 0. The number of carbonyl (C=O) groups is 1. The summed E-state index contributed by atoms with van der Waals surface area (Å²) < 4.78 is 5.38. The number of fused-ring (bicyclic) bond motifs is 1. The fraction of sp³-hybridized carbons (Fsp3) is 0.304. The SMILES string of the molecule is CCc1cccc2c(-c3ccccc3)c(OC(=O)O)c(N3CCCCC3)nc12. The van der Waals surface area contributed by atoms with Crippen LogP contribution in [-0.2, 0) is 6.42 Å². The van der Waals surface area contributed by atoms with Gasteiger partial charge in [0.05, 0.1) is 5.52 Å². The van der Waals surface area contributed by atoms with E-state index in [1.165, 1.54) is 6.42 Å². The van der Waals surface area contributed by atoms with Crippen LogP contribution < -0.4 is 9.64 Å². The van der Waals surface area contributed by atoms with Crippen molar-refractivity contribution in [3.8, 4) is 16.9 Å². The third-order valence-corrected chi connectivity index (χ3v) is 5.33. The van der Waals surface area contributed by atoms with E-state index < -0.39 is 6.16 Å². The van der Waals surface area contributed by atoms with Gasteiger partial charge in [0.25, 0.3) is 0 Å². The molecule has 2 heterocycles. The second kappa shape index (κ2) is 7.89. The second-order valence-electron chi connectivity index (χ2n) is 7.09. The summed E-state index contributed by atoms with van der Waals surface area (Å²) in [6, 6.07) is 15.9. The molecule has 0 unspecified atom stereocenters. The normalized spacial score (nSPS) is 14.2. The maximum atomic E-state index is 11.6. The maximum absolute atomic E-state index is 11.6. The standard InChI is InChI=1S/C23H24N2O3/c1-2-16-12-9-13-18-19(17-10-5-3-6-11-17)21(28-23(26)27)22(24-20(16)18)25-14-7-4-8-15-25/h3,5-6,9-13H,2,4,7-8,14-15H2,1H3,(H,26,27). The minimum atomic E-state index is -1.32. The van der Waals surface area contributed by atoms with Crippen LogP contribution in [0, 0.1) is 0 Å². The third-order valence-electron chi connectivity index (χ3n) is 5.33. The molecule has 1 fully saturated rings. The smallest absolute Gasteiger partial charge is 0.449 e. The molecule has 5 heteroatoms. The van der Waals surface area contributed by atoms with Crippen molar-refractivity contribution in [2.75, 3.05) is 18.0 Å². The van der Waals surface area contributed by atoms with E-state index in [9.17, 15) is 9.90 Å². The van der Waals surface area contributed by atoms with Crippen LogP contribution in [0.1, 0.15) is 31.7 Å². The van der Waals surface area contributed by atoms with Gasteiger partial charge in [-0.05, 0) is 36.8 Å². The predicted molar refractivity (Wildman–Crippen MR) is 111 cm³/mol. The summed E-state index contributed by atoms with van der Waals surface area (Å²) in [6.07, 6.45) is 2.87. The number of carboxylic acid groups (broad SMARTS) is 1. The lowest BCUT2D eigenvalue weighted by molar-refractivity contribution is 0.144. The van der Waals surface area contributed by atoms with E-state index in [1.807, 2.05) is 42.5 Å². The molecule has 1 aliphatic rings. The van der Waals surface area contributed by atoms with Gasteiger partial charge in [0.1, 0.15) is 0 Å². The first-order valence-corrected chi connectivity index (χ1v) is 9.85. The van der Waals surface area contributed by atoms with Gasteiger partial charge < -0.3 is 14.7 Å². The molecular weight excluding hydrogens is 352 g/mol. The highest BCUT2D eigenvalue weighted by Gasteiger charge is 2.25. The molecule has 0 amide bonds. The van der Waals surface area contributed by atoms with Gasteiger partial charge in [0, 0.05) is 24.0 Å². The van der Waals surface area contributed by atoms with Crippen molar-refractivity contribution in [1.82, 2.24) is 4.98 Å². The van der Waals surface area contributed by atoms with Crippen molar-refractivity contribution in [2.24, 2.45) is 0 Å². The molecule has 0 saturated carbocycles. The zero-order valence-electron chi connectivity index (χ0n) is 16.0. The van der Waals surface area contributed by atoms with Crippen LogP contribution in [0.4, 0.5) is 10.6 Å². The van der Waals surface area contributed by atoms with Crippen LogP contribution in [0.15, 0.2) is 48.5 Å². The minimum Gasteiger partial charge on any atom is -0.449 e. The van der Waals surface area contributed by atoms with Crippen molar-refractivity contribution >= 4 is 22.9 Å². The number of aryl methyl sites for hydroxylation is 1. The van der Waals surface area contributed by atoms with Crippen molar-refractivity contribution in [3.05, 3.63) is 54.1 Å². The Morgan fingerprint density at radius 1 is 1.07 bits per heavy atom. The van der Waals surface area contributed by atoms with Crippen molar-refractivity contribution in [2.45, 2.75) is 32.6 Å². The van der Waals surface area contributed by atoms with E-state index in [2.05, 4.69) is 17.9 Å². The molecule has 1 aliphatic heterocycles. The number of rotatable bonds is 4. The molecule has 0 radical (unpaired) electrons. The Morgan fingerprint density at radius 2 is 1.82 bits per heavy atom. The third kappa shape index (κ3) is 3.40. The number of anilines is 1. The lowest BCUT2D eigenvalue weighted by Gasteiger charge is -2.30. The van der Waals surface area contributed by atoms with E-state index in [0.717, 1.165) is 59.9 Å². The Kier molecular flexibility index (Phi) is 5.15. The fourth-order valence-corrected chi connectivity index (χ4v) is 4.00. The number of hydrogen-bond donors (Lipinski definition) is 1. The van der Waals surface area contributed by atoms with Gasteiger partial charge in [-0.25, -0.2) is 9.78 Å². The number of ether oxygens (including phenoxy) is 1. The summed E-state index contributed by atoms with van der Waals surface area (Å²) in [6.45, 7) is 3.83. The molecule has 2 aromatic carbocycles. The Hall–Kier alpha value is -3.08. The summed E-state index contributed by atoms with van der Waals surface area (Å²) in [5, 5.41) is 10.4. The second-order valence-corrected chi connectivity index (χ2v) is 7.09. The van der Waals surface area contributed by atoms with E-state index in [-0.39, 0.29) is 0 Å². The number of para-hydroxylation sites is 1. The van der Waals surface area contributed by atoms with Crippen LogP contribution >= 0.6 is 0 Å². The van der Waals surface area contributed by atoms with Gasteiger partial charge >= 0.3 is 6.16 Å². The van der Waals surface area contributed by atoms with Gasteiger partial charge in [-0.1, -0.05) is 55.5 Å². The molecule has 28 heavy (non-hydrogen) atoms. The molecule has 1 N–H and O–H groups in total. The molecule has 4 rings (SSSR count). The fourth-order valence-electron chi connectivity index (χ4n) is 4.00. The van der Waals surface area contributed by atoms with E-state index in [1.54, 1.807) is 0 Å². The Balaban J connectivity index is 2.07. The lowest BCUT2D eigenvalue weighted by atomic mass is 9.96. The van der Waals surface area contributed by atoms with Crippen LogP contribution in [0.25, 0.3) is 22.0 Å². The first-order valence-electron chi connectivity index (χ1n) is 9.85. The summed E-state index contributed by atoms with van der Waals surface area (Å²) >= 11 is 0. The highest BCUT2D eigenvalue weighted by Crippen LogP contribution is 2.43. The van der Waals surface area contributed by atoms with Crippen molar-refractivity contribution in [3.63, 3.8) is 0 Å². The van der Waals surface area contributed by atoms with Crippen molar-refractivity contribution in [1.29, 1.82) is 0 Å². The summed E-state index contributed by atoms with van der Waals surface area (Å²) in [5.74, 6) is 0.968. The van der Waals surface area contributed by atoms with Crippen LogP contribution in [-0.4, -0.2) is 29.3 Å². The lowest BCUT2D eigenvalue weighted by Crippen LogP contribution is -2.31. The van der Waals surface area contributed by atoms with E-state index in [0.29, 0.717) is 11.6 Å². The molecular formula is C23H24N2O3. The number of nitrogens with zero attached hydrogens (tertiary/aromatic N) is 2. The van der Waals surface area contributed by atoms with E-state index >= 15 is 0 Å². The zero-order valence-corrected chi connectivity index (χ0v) is 16.0. The first kappa shape index (κ1) is 18.3. The molecule has 3 aromatic rings. The van der Waals surface area contributed by atoms with Crippen molar-refractivity contribution < 1.29 is 14.6 Å². The molecule has 0 atom stereocenters. The topological polar surface area (TPSA) is 62.7 Å². The zero-order chi connectivity index (χ0) is 19.5. The monoisotopic (exact) mass is 376 g/mol.